The molecule has 9 heteroatoms. The average Bonchev–Trinajstić information content (AvgIpc) is 3.71. The number of hydrogen-bond acceptors (Lipinski definition) is 8. The highest BCUT2D eigenvalue weighted by Crippen LogP contribution is 2.56. The molecule has 0 aromatic carbocycles. The van der Waals surface area contributed by atoms with Crippen molar-refractivity contribution in [2.24, 2.45) is 17.3 Å². The van der Waals surface area contributed by atoms with Crippen molar-refractivity contribution in [1.82, 2.24) is 5.32 Å². The van der Waals surface area contributed by atoms with Crippen molar-refractivity contribution < 1.29 is 38.4 Å². The van der Waals surface area contributed by atoms with Crippen LogP contribution in [0.15, 0.2) is 36.0 Å². The third-order valence-electron chi connectivity index (χ3n) is 9.29. The molecule has 4 fully saturated rings. The molecule has 42 heavy (non-hydrogen) atoms. The molecule has 3 aliphatic heterocycles. The number of hydrogen-bond donors (Lipinski definition) is 2. The second-order valence-electron chi connectivity index (χ2n) is 13.4. The molecule has 4 rings (SSSR count). The predicted octanol–water partition coefficient (Wildman–Crippen LogP) is 4.04. The number of allylic oxidation sites excluding steroid dienone is 2. The van der Waals surface area contributed by atoms with Gasteiger partial charge in [-0.25, -0.2) is 0 Å². The Morgan fingerprint density at radius 2 is 1.90 bits per heavy atom. The Morgan fingerprint density at radius 3 is 2.55 bits per heavy atom. The van der Waals surface area contributed by atoms with Crippen LogP contribution in [0.2, 0.25) is 0 Å². The van der Waals surface area contributed by atoms with Crippen molar-refractivity contribution in [2.75, 3.05) is 26.9 Å². The van der Waals surface area contributed by atoms with E-state index >= 15 is 0 Å². The lowest BCUT2D eigenvalue weighted by atomic mass is 9.84. The van der Waals surface area contributed by atoms with Crippen LogP contribution in [0, 0.1) is 17.3 Å². The molecule has 3 heterocycles. The molecule has 8 atom stereocenters. The fourth-order valence-corrected chi connectivity index (χ4v) is 6.14. The van der Waals surface area contributed by atoms with E-state index in [4.69, 9.17) is 23.7 Å². The molecule has 3 saturated heterocycles. The van der Waals surface area contributed by atoms with Crippen LogP contribution in [0.25, 0.3) is 0 Å². The Kier molecular flexibility index (Phi) is 11.1. The van der Waals surface area contributed by atoms with E-state index < -0.39 is 12.2 Å². The first-order valence-corrected chi connectivity index (χ1v) is 15.5. The summed E-state index contributed by atoms with van der Waals surface area (Å²) >= 11 is 0. The molecule has 0 bridgehead atoms. The summed E-state index contributed by atoms with van der Waals surface area (Å²) in [4.78, 5) is 24.4. The molecule has 236 valence electrons. The van der Waals surface area contributed by atoms with Crippen molar-refractivity contribution in [3.8, 4) is 0 Å². The minimum atomic E-state index is -0.567. The maximum absolute atomic E-state index is 12.6. The van der Waals surface area contributed by atoms with Crippen molar-refractivity contribution in [3.63, 3.8) is 0 Å². The first kappa shape index (κ1) is 32.9. The Balaban J connectivity index is 1.22. The van der Waals surface area contributed by atoms with E-state index in [0.29, 0.717) is 26.2 Å². The number of carbonyl (C=O) groups is 2. The lowest BCUT2D eigenvalue weighted by Gasteiger charge is -2.39. The number of ether oxygens (including phenoxy) is 5. The van der Waals surface area contributed by atoms with Crippen LogP contribution in [-0.2, 0) is 33.3 Å². The average molecular weight is 590 g/mol. The zero-order valence-corrected chi connectivity index (χ0v) is 26.2. The molecule has 0 aromatic rings. The molecule has 2 N–H and O–H groups in total. The summed E-state index contributed by atoms with van der Waals surface area (Å²) < 4.78 is 28.4. The standard InChI is InChI=1S/C33H51NO8/c1-21(8-11-28-31(37)33(13-14-33)17-25(42-28)16-30(36)38-6)7-10-27-23(3)15-26(24(4)41-27)34-29(35)12-9-22(2)18-40-32(5)19-39-20-32/h7-9,11-12,22-28,31,37H,10,13-20H2,1-6H3,(H,34,35)/b11-8+,12-9-,21-7+/t22?,23-,24+,25+,26+,27-,28+,31+/m0/s1. The summed E-state index contributed by atoms with van der Waals surface area (Å²) in [7, 11) is 1.39. The molecule has 1 unspecified atom stereocenters. The molecule has 1 spiro atoms. The zero-order valence-electron chi connectivity index (χ0n) is 26.2. The summed E-state index contributed by atoms with van der Waals surface area (Å²) in [5.41, 5.74) is 0.730. The van der Waals surface area contributed by atoms with Gasteiger partial charge in [0.05, 0.1) is 63.8 Å². The third-order valence-corrected chi connectivity index (χ3v) is 9.29. The molecule has 0 radical (unpaired) electrons. The number of rotatable bonds is 12. The van der Waals surface area contributed by atoms with Gasteiger partial charge in [0.25, 0.3) is 0 Å². The van der Waals surface area contributed by atoms with Crippen LogP contribution in [0.3, 0.4) is 0 Å². The summed E-state index contributed by atoms with van der Waals surface area (Å²) in [5, 5.41) is 14.0. The molecule has 1 aliphatic carbocycles. The Morgan fingerprint density at radius 1 is 1.17 bits per heavy atom. The maximum atomic E-state index is 12.6. The molecule has 9 nitrogen and oxygen atoms in total. The third kappa shape index (κ3) is 8.76. The van der Waals surface area contributed by atoms with Gasteiger partial charge in [-0.1, -0.05) is 43.7 Å². The van der Waals surface area contributed by atoms with E-state index in [-0.39, 0.29) is 65.5 Å². The van der Waals surface area contributed by atoms with Gasteiger partial charge in [0.1, 0.15) is 11.7 Å². The molecular formula is C33H51NO8. The fraction of sp³-hybridized carbons (Fsp3) is 0.758. The summed E-state index contributed by atoms with van der Waals surface area (Å²) in [5.74, 6) is 0.00848. The van der Waals surface area contributed by atoms with Crippen molar-refractivity contribution >= 4 is 11.9 Å². The van der Waals surface area contributed by atoms with Gasteiger partial charge in [0.15, 0.2) is 0 Å². The van der Waals surface area contributed by atoms with Gasteiger partial charge in [-0.05, 0) is 70.8 Å². The monoisotopic (exact) mass is 589 g/mol. The molecule has 0 aromatic heterocycles. The van der Waals surface area contributed by atoms with Crippen LogP contribution >= 0.6 is 0 Å². The first-order valence-electron chi connectivity index (χ1n) is 15.5. The van der Waals surface area contributed by atoms with Crippen molar-refractivity contribution in [3.05, 3.63) is 36.0 Å². The molecular weight excluding hydrogens is 538 g/mol. The van der Waals surface area contributed by atoms with Gasteiger partial charge in [0.2, 0.25) is 5.91 Å². The zero-order chi connectivity index (χ0) is 30.5. The van der Waals surface area contributed by atoms with Crippen LogP contribution < -0.4 is 5.32 Å². The van der Waals surface area contributed by atoms with E-state index in [0.717, 1.165) is 31.3 Å². The van der Waals surface area contributed by atoms with E-state index in [9.17, 15) is 14.7 Å². The van der Waals surface area contributed by atoms with Crippen molar-refractivity contribution in [1.29, 1.82) is 0 Å². The molecule has 1 saturated carbocycles. The highest BCUT2D eigenvalue weighted by Gasteiger charge is 2.56. The van der Waals surface area contributed by atoms with Crippen LogP contribution in [-0.4, -0.2) is 86.1 Å². The quantitative estimate of drug-likeness (QED) is 0.199. The number of nitrogens with one attached hydrogen (secondary N) is 1. The Hall–Kier alpha value is -2.04. The van der Waals surface area contributed by atoms with E-state index in [1.54, 1.807) is 6.08 Å². The highest BCUT2D eigenvalue weighted by atomic mass is 16.6. The van der Waals surface area contributed by atoms with E-state index in [1.165, 1.54) is 7.11 Å². The van der Waals surface area contributed by atoms with E-state index in [1.807, 2.05) is 45.9 Å². The van der Waals surface area contributed by atoms with Crippen LogP contribution in [0.1, 0.15) is 73.1 Å². The molecule has 4 aliphatic rings. The fourth-order valence-electron chi connectivity index (χ4n) is 6.14. The van der Waals surface area contributed by atoms with E-state index in [2.05, 4.69) is 18.3 Å². The van der Waals surface area contributed by atoms with Gasteiger partial charge in [-0.3, -0.25) is 9.59 Å². The number of aliphatic hydroxyl groups excluding tert-OH is 1. The van der Waals surface area contributed by atoms with Gasteiger partial charge < -0.3 is 34.1 Å². The lowest BCUT2D eigenvalue weighted by Crippen LogP contribution is -2.50. The van der Waals surface area contributed by atoms with Gasteiger partial charge in [0, 0.05) is 5.41 Å². The smallest absolute Gasteiger partial charge is 0.308 e. The second kappa shape index (κ2) is 14.2. The minimum Gasteiger partial charge on any atom is -0.469 e. The Labute approximate surface area is 251 Å². The van der Waals surface area contributed by atoms with Gasteiger partial charge >= 0.3 is 5.97 Å². The summed E-state index contributed by atoms with van der Waals surface area (Å²) in [6, 6.07) is -0.0476. The largest absolute Gasteiger partial charge is 0.469 e. The number of carbonyl (C=O) groups excluding carboxylic acids is 2. The number of methoxy groups -OCH3 is 1. The normalized spacial score (nSPS) is 34.7. The lowest BCUT2D eigenvalue weighted by molar-refractivity contribution is -0.201. The summed E-state index contributed by atoms with van der Waals surface area (Å²) in [6.07, 6.45) is 12.7. The van der Waals surface area contributed by atoms with Crippen molar-refractivity contribution in [2.45, 2.75) is 115 Å². The second-order valence-corrected chi connectivity index (χ2v) is 13.4. The molecule has 1 amide bonds. The summed E-state index contributed by atoms with van der Waals surface area (Å²) in [6.45, 7) is 12.1. The number of amides is 1. The predicted molar refractivity (Wildman–Crippen MR) is 159 cm³/mol. The first-order chi connectivity index (χ1) is 19.9. The topological polar surface area (TPSA) is 113 Å². The number of aliphatic hydroxyl groups is 1. The Bertz CT molecular complexity index is 1030. The van der Waals surface area contributed by atoms with Crippen LogP contribution in [0.5, 0.6) is 0 Å². The SMILES string of the molecule is COC(=O)C[C@@H]1CC2(CC2)[C@H](O)[C@@H](/C=C/C(C)=C/C[C@@H]2O[C@H](C)[C@H](NC(=O)/C=C\C(C)COC3(C)COC3)C[C@@H]2C)O1. The highest BCUT2D eigenvalue weighted by molar-refractivity contribution is 5.87. The maximum Gasteiger partial charge on any atom is 0.308 e. The van der Waals surface area contributed by atoms with Crippen LogP contribution in [0.4, 0.5) is 0 Å². The van der Waals surface area contributed by atoms with Gasteiger partial charge in [-0.15, -0.1) is 0 Å². The minimum absolute atomic E-state index is 0.0476. The van der Waals surface area contributed by atoms with Gasteiger partial charge in [-0.2, -0.15) is 0 Å². The number of esters is 1.